The average Bonchev–Trinajstić information content (AvgIpc) is 3.18. The largest absolute Gasteiger partial charge is 0.358 e. The molecule has 3 heterocycles. The molecule has 0 aliphatic carbocycles. The Morgan fingerprint density at radius 2 is 1.94 bits per heavy atom. The quantitative estimate of drug-likeness (QED) is 0.636. The predicted octanol–water partition coefficient (Wildman–Crippen LogP) is 3.57. The van der Waals surface area contributed by atoms with Gasteiger partial charge in [0.05, 0.1) is 5.56 Å². The van der Waals surface area contributed by atoms with E-state index in [-0.39, 0.29) is 21.9 Å². The van der Waals surface area contributed by atoms with Crippen LogP contribution in [0.25, 0.3) is 10.9 Å². The molecule has 2 aromatic carbocycles. The van der Waals surface area contributed by atoms with Crippen molar-refractivity contribution in [1.29, 1.82) is 0 Å². The number of nitrogens with one attached hydrogen (secondary N) is 1. The van der Waals surface area contributed by atoms with Gasteiger partial charge in [-0.25, -0.2) is 12.7 Å². The molecule has 2 aliphatic heterocycles. The van der Waals surface area contributed by atoms with Gasteiger partial charge in [0.1, 0.15) is 4.90 Å². The van der Waals surface area contributed by atoms with Gasteiger partial charge >= 0.3 is 0 Å². The third-order valence-corrected chi connectivity index (χ3v) is 8.12. The second-order valence-electron chi connectivity index (χ2n) is 8.16. The lowest BCUT2D eigenvalue weighted by atomic mass is 10.0. The van der Waals surface area contributed by atoms with Gasteiger partial charge in [0.15, 0.2) is 0 Å². The highest BCUT2D eigenvalue weighted by atomic mass is 35.5. The van der Waals surface area contributed by atoms with Crippen molar-refractivity contribution < 1.29 is 18.0 Å². The highest BCUT2D eigenvalue weighted by Crippen LogP contribution is 2.34. The van der Waals surface area contributed by atoms with Crippen LogP contribution < -0.4 is 0 Å². The minimum absolute atomic E-state index is 0.103. The Hall–Kier alpha value is -2.84. The number of amides is 2. The van der Waals surface area contributed by atoms with E-state index < -0.39 is 22.0 Å². The second-order valence-corrected chi connectivity index (χ2v) is 10.4. The maximum absolute atomic E-state index is 13.2. The third-order valence-electron chi connectivity index (χ3n) is 5.89. The van der Waals surface area contributed by atoms with Gasteiger partial charge in [0, 0.05) is 58.3 Å². The van der Waals surface area contributed by atoms with Gasteiger partial charge < -0.3 is 9.88 Å². The minimum atomic E-state index is -3.96. The van der Waals surface area contributed by atoms with Gasteiger partial charge in [-0.1, -0.05) is 11.6 Å². The summed E-state index contributed by atoms with van der Waals surface area (Å²) in [5, 5.41) is 1.61. The lowest BCUT2D eigenvalue weighted by Gasteiger charge is -2.27. The summed E-state index contributed by atoms with van der Waals surface area (Å²) in [6, 6.07) is 9.42. The van der Waals surface area contributed by atoms with Crippen LogP contribution in [0.3, 0.4) is 0 Å². The smallest absolute Gasteiger partial charge is 0.269 e. The molecular formula is C22H20ClN3O4S. The lowest BCUT2D eigenvalue weighted by Crippen LogP contribution is -2.36. The molecule has 1 aromatic heterocycles. The van der Waals surface area contributed by atoms with Crippen molar-refractivity contribution in [3.63, 3.8) is 0 Å². The van der Waals surface area contributed by atoms with E-state index >= 15 is 0 Å². The Balaban J connectivity index is 1.49. The van der Waals surface area contributed by atoms with Gasteiger partial charge in [-0.05, 0) is 50.2 Å². The Kier molecular flexibility index (Phi) is 4.43. The fourth-order valence-corrected chi connectivity index (χ4v) is 6.40. The van der Waals surface area contributed by atoms with Crippen LogP contribution in [0, 0.1) is 0 Å². The molecule has 9 heteroatoms. The van der Waals surface area contributed by atoms with E-state index in [0.29, 0.717) is 24.5 Å². The van der Waals surface area contributed by atoms with Crippen LogP contribution in [0.1, 0.15) is 45.8 Å². The number of rotatable bonds is 2. The number of carbonyl (C=O) groups is 2. The maximum Gasteiger partial charge on any atom is 0.269 e. The van der Waals surface area contributed by atoms with Crippen molar-refractivity contribution in [3.8, 4) is 0 Å². The number of aromatic amines is 1. The Morgan fingerprint density at radius 1 is 1.16 bits per heavy atom. The summed E-state index contributed by atoms with van der Waals surface area (Å²) in [6.45, 7) is 4.20. The first kappa shape index (κ1) is 20.1. The van der Waals surface area contributed by atoms with Crippen molar-refractivity contribution in [1.82, 2.24) is 14.2 Å². The number of halogens is 1. The Morgan fingerprint density at radius 3 is 2.68 bits per heavy atom. The van der Waals surface area contributed by atoms with Crippen LogP contribution in [0.15, 0.2) is 41.3 Å². The van der Waals surface area contributed by atoms with Crippen molar-refractivity contribution in [3.05, 3.63) is 63.8 Å². The standard InChI is InChI=1S/C22H20ClN3O4S/c1-12(2)26-22(28)15-5-3-13(9-20(15)31(26,29)30)21(27)25-8-7-19-17(11-25)16-10-14(23)4-6-18(16)24-19/h3-6,9-10,12,24H,7-8,11H2,1-2H3. The van der Waals surface area contributed by atoms with Crippen LogP contribution in [0.5, 0.6) is 0 Å². The van der Waals surface area contributed by atoms with Gasteiger partial charge in [-0.15, -0.1) is 0 Å². The summed E-state index contributed by atoms with van der Waals surface area (Å²) in [4.78, 5) is 30.8. The highest BCUT2D eigenvalue weighted by Gasteiger charge is 2.43. The number of aromatic nitrogens is 1. The van der Waals surface area contributed by atoms with Gasteiger partial charge in [-0.2, -0.15) is 0 Å². The summed E-state index contributed by atoms with van der Waals surface area (Å²) in [5.74, 6) is -0.822. The molecular weight excluding hydrogens is 438 g/mol. The highest BCUT2D eigenvalue weighted by molar-refractivity contribution is 7.90. The molecule has 0 saturated heterocycles. The molecule has 0 atom stereocenters. The summed E-state index contributed by atoms with van der Waals surface area (Å²) < 4.78 is 26.6. The number of benzene rings is 2. The van der Waals surface area contributed by atoms with E-state index in [0.717, 1.165) is 26.5 Å². The molecule has 2 amide bonds. The Labute approximate surface area is 184 Å². The predicted molar refractivity (Wildman–Crippen MR) is 117 cm³/mol. The zero-order valence-electron chi connectivity index (χ0n) is 17.0. The van der Waals surface area contributed by atoms with E-state index in [2.05, 4.69) is 4.98 Å². The molecule has 31 heavy (non-hydrogen) atoms. The molecule has 1 N–H and O–H groups in total. The first-order valence-electron chi connectivity index (χ1n) is 9.99. The number of H-pyrrole nitrogens is 1. The second kappa shape index (κ2) is 6.83. The first-order chi connectivity index (χ1) is 14.7. The number of sulfonamides is 1. The summed E-state index contributed by atoms with van der Waals surface area (Å²) in [7, 11) is -3.96. The molecule has 0 spiro atoms. The topological polar surface area (TPSA) is 90.6 Å². The van der Waals surface area contributed by atoms with Crippen molar-refractivity contribution >= 4 is 44.3 Å². The fourth-order valence-electron chi connectivity index (χ4n) is 4.43. The molecule has 0 radical (unpaired) electrons. The first-order valence-corrected chi connectivity index (χ1v) is 11.8. The van der Waals surface area contributed by atoms with Crippen LogP contribution in [0.2, 0.25) is 5.02 Å². The van der Waals surface area contributed by atoms with Gasteiger partial charge in [0.25, 0.3) is 21.8 Å². The third kappa shape index (κ3) is 2.96. The number of carbonyl (C=O) groups excluding carboxylic acids is 2. The van der Waals surface area contributed by atoms with Crippen LogP contribution in [-0.4, -0.2) is 47.0 Å². The molecule has 0 bridgehead atoms. The molecule has 5 rings (SSSR count). The number of hydrogen-bond donors (Lipinski definition) is 1. The monoisotopic (exact) mass is 457 g/mol. The number of nitrogens with zero attached hydrogens (tertiary/aromatic N) is 2. The van der Waals surface area contributed by atoms with Crippen molar-refractivity contribution in [2.75, 3.05) is 6.54 Å². The summed E-state index contributed by atoms with van der Waals surface area (Å²) in [5.41, 5.74) is 3.43. The van der Waals surface area contributed by atoms with Gasteiger partial charge in [-0.3, -0.25) is 9.59 Å². The number of fused-ring (bicyclic) bond motifs is 4. The average molecular weight is 458 g/mol. The van der Waals surface area contributed by atoms with Crippen molar-refractivity contribution in [2.45, 2.75) is 37.8 Å². The zero-order valence-corrected chi connectivity index (χ0v) is 18.5. The van der Waals surface area contributed by atoms with Crippen LogP contribution >= 0.6 is 11.6 Å². The summed E-state index contributed by atoms with van der Waals surface area (Å²) >= 11 is 6.16. The lowest BCUT2D eigenvalue weighted by molar-refractivity contribution is 0.0733. The normalized spacial score (nSPS) is 17.4. The molecule has 0 saturated carbocycles. The van der Waals surface area contributed by atoms with E-state index in [1.807, 2.05) is 18.2 Å². The molecule has 0 fully saturated rings. The number of hydrogen-bond acceptors (Lipinski definition) is 4. The van der Waals surface area contributed by atoms with E-state index in [1.165, 1.54) is 18.2 Å². The van der Waals surface area contributed by atoms with E-state index in [4.69, 9.17) is 11.6 Å². The van der Waals surface area contributed by atoms with E-state index in [9.17, 15) is 18.0 Å². The van der Waals surface area contributed by atoms with Crippen LogP contribution in [-0.2, 0) is 23.0 Å². The van der Waals surface area contributed by atoms with Gasteiger partial charge in [0.2, 0.25) is 0 Å². The fraction of sp³-hybridized carbons (Fsp3) is 0.273. The Bertz CT molecular complexity index is 1380. The molecule has 160 valence electrons. The van der Waals surface area contributed by atoms with Crippen molar-refractivity contribution in [2.24, 2.45) is 0 Å². The summed E-state index contributed by atoms with van der Waals surface area (Å²) in [6.07, 6.45) is 0.663. The van der Waals surface area contributed by atoms with E-state index in [1.54, 1.807) is 18.7 Å². The van der Waals surface area contributed by atoms with Crippen LogP contribution in [0.4, 0.5) is 0 Å². The molecule has 3 aromatic rings. The molecule has 0 unspecified atom stereocenters. The maximum atomic E-state index is 13.2. The molecule has 2 aliphatic rings. The molecule has 7 nitrogen and oxygen atoms in total. The minimum Gasteiger partial charge on any atom is -0.358 e. The zero-order chi connectivity index (χ0) is 22.1. The SMILES string of the molecule is CC(C)N1C(=O)c2ccc(C(=O)N3CCc4[nH]c5ccc(Cl)cc5c4C3)cc2S1(=O)=O.